The van der Waals surface area contributed by atoms with Gasteiger partial charge >= 0.3 is 0 Å². The van der Waals surface area contributed by atoms with E-state index in [1.54, 1.807) is 31.0 Å². The topological polar surface area (TPSA) is 85.3 Å². The zero-order valence-electron chi connectivity index (χ0n) is 19.3. The third-order valence-corrected chi connectivity index (χ3v) is 5.43. The van der Waals surface area contributed by atoms with E-state index in [9.17, 15) is 9.59 Å². The van der Waals surface area contributed by atoms with E-state index in [0.717, 1.165) is 22.6 Å². The summed E-state index contributed by atoms with van der Waals surface area (Å²) in [6.07, 6.45) is 2.10. The van der Waals surface area contributed by atoms with Crippen LogP contribution in [-0.4, -0.2) is 28.7 Å². The van der Waals surface area contributed by atoms with Crippen molar-refractivity contribution >= 4 is 23.2 Å². The number of methoxy groups -OCH3 is 1. The van der Waals surface area contributed by atoms with E-state index in [1.165, 1.54) is 0 Å². The average Bonchev–Trinajstić information content (AvgIpc) is 3.32. The number of ether oxygens (including phenoxy) is 1. The molecule has 4 rings (SSSR count). The van der Waals surface area contributed by atoms with Crippen LogP contribution in [0.2, 0.25) is 0 Å². The smallest absolute Gasteiger partial charge is 0.259 e. The summed E-state index contributed by atoms with van der Waals surface area (Å²) in [5.74, 6) is 0.334. The number of rotatable bonds is 7. The van der Waals surface area contributed by atoms with Crippen LogP contribution in [0.25, 0.3) is 16.9 Å². The predicted molar refractivity (Wildman–Crippen MR) is 134 cm³/mol. The number of carbonyl (C=O) groups is 2. The Morgan fingerprint density at radius 2 is 1.71 bits per heavy atom. The second-order valence-corrected chi connectivity index (χ2v) is 7.79. The average molecular weight is 455 g/mol. The van der Waals surface area contributed by atoms with Gasteiger partial charge < -0.3 is 15.4 Å². The molecule has 0 aliphatic heterocycles. The first-order chi connectivity index (χ1) is 16.5. The van der Waals surface area contributed by atoms with Crippen LogP contribution < -0.4 is 15.4 Å². The Hall–Kier alpha value is -4.39. The van der Waals surface area contributed by atoms with Gasteiger partial charge in [-0.2, -0.15) is 5.10 Å². The van der Waals surface area contributed by atoms with Crippen LogP contribution in [0.15, 0.2) is 79.0 Å². The first-order valence-corrected chi connectivity index (χ1v) is 11.0. The van der Waals surface area contributed by atoms with Gasteiger partial charge in [0.15, 0.2) is 0 Å². The number of hydrogen-bond acceptors (Lipinski definition) is 4. The summed E-state index contributed by atoms with van der Waals surface area (Å²) >= 11 is 0. The van der Waals surface area contributed by atoms with Gasteiger partial charge in [0.1, 0.15) is 11.4 Å². The highest BCUT2D eigenvalue weighted by Gasteiger charge is 2.20. The molecule has 0 fully saturated rings. The Bertz CT molecular complexity index is 1310. The molecule has 172 valence electrons. The molecule has 0 bridgehead atoms. The molecule has 0 saturated heterocycles. The molecule has 0 spiro atoms. The first-order valence-electron chi connectivity index (χ1n) is 11.0. The predicted octanol–water partition coefficient (Wildman–Crippen LogP) is 5.46. The maximum absolute atomic E-state index is 13.4. The first kappa shape index (κ1) is 22.8. The standard InChI is InChI=1S/C27H26N4O3/c1-4-25(32)28-20-13-10-18(2)24(16-20)29-27(33)23-17-31(21-8-6-5-7-9-21)30-26(23)19-11-14-22(34-3)15-12-19/h5-17H,4H2,1-3H3,(H,28,32)(H,29,33). The van der Waals surface area contributed by atoms with E-state index in [1.807, 2.05) is 73.7 Å². The third-order valence-electron chi connectivity index (χ3n) is 5.43. The van der Waals surface area contributed by atoms with Crippen LogP contribution in [0.4, 0.5) is 11.4 Å². The normalized spacial score (nSPS) is 10.6. The molecule has 0 radical (unpaired) electrons. The summed E-state index contributed by atoms with van der Waals surface area (Å²) in [6.45, 7) is 3.69. The molecule has 4 aromatic rings. The summed E-state index contributed by atoms with van der Waals surface area (Å²) < 4.78 is 6.96. The van der Waals surface area contributed by atoms with Gasteiger partial charge in [-0.3, -0.25) is 9.59 Å². The van der Waals surface area contributed by atoms with Gasteiger partial charge in [0, 0.05) is 29.6 Å². The number of amides is 2. The SMILES string of the molecule is CCC(=O)Nc1ccc(C)c(NC(=O)c2cn(-c3ccccc3)nc2-c2ccc(OC)cc2)c1. The van der Waals surface area contributed by atoms with Crippen molar-refractivity contribution < 1.29 is 14.3 Å². The van der Waals surface area contributed by atoms with Crippen molar-refractivity contribution in [2.45, 2.75) is 20.3 Å². The minimum Gasteiger partial charge on any atom is -0.497 e. The maximum atomic E-state index is 13.4. The molecule has 1 heterocycles. The van der Waals surface area contributed by atoms with E-state index in [4.69, 9.17) is 9.84 Å². The summed E-state index contributed by atoms with van der Waals surface area (Å²) in [7, 11) is 1.61. The van der Waals surface area contributed by atoms with Crippen molar-refractivity contribution in [3.05, 3.63) is 90.1 Å². The van der Waals surface area contributed by atoms with E-state index in [2.05, 4.69) is 10.6 Å². The fourth-order valence-electron chi connectivity index (χ4n) is 3.49. The Balaban J connectivity index is 1.71. The third kappa shape index (κ3) is 4.99. The zero-order chi connectivity index (χ0) is 24.1. The molecule has 34 heavy (non-hydrogen) atoms. The van der Waals surface area contributed by atoms with Gasteiger partial charge in [0.05, 0.1) is 18.4 Å². The lowest BCUT2D eigenvalue weighted by Crippen LogP contribution is -2.14. The molecule has 0 atom stereocenters. The number of hydrogen-bond donors (Lipinski definition) is 2. The summed E-state index contributed by atoms with van der Waals surface area (Å²) in [5.41, 5.74) is 4.74. The van der Waals surface area contributed by atoms with Crippen LogP contribution in [0.1, 0.15) is 29.3 Å². The molecule has 1 aromatic heterocycles. The molecule has 0 saturated carbocycles. The molecule has 0 aliphatic carbocycles. The lowest BCUT2D eigenvalue weighted by atomic mass is 10.1. The fraction of sp³-hybridized carbons (Fsp3) is 0.148. The maximum Gasteiger partial charge on any atom is 0.259 e. The fourth-order valence-corrected chi connectivity index (χ4v) is 3.49. The highest BCUT2D eigenvalue weighted by molar-refractivity contribution is 6.08. The van der Waals surface area contributed by atoms with Gasteiger partial charge in [-0.1, -0.05) is 31.2 Å². The highest BCUT2D eigenvalue weighted by atomic mass is 16.5. The Labute approximate surface area is 198 Å². The number of aromatic nitrogens is 2. The number of benzene rings is 3. The van der Waals surface area contributed by atoms with Crippen molar-refractivity contribution in [3.63, 3.8) is 0 Å². The Morgan fingerprint density at radius 3 is 2.38 bits per heavy atom. The molecule has 2 N–H and O–H groups in total. The largest absolute Gasteiger partial charge is 0.497 e. The number of anilines is 2. The minimum atomic E-state index is -0.296. The molecule has 0 aliphatic rings. The van der Waals surface area contributed by atoms with Crippen molar-refractivity contribution in [1.29, 1.82) is 0 Å². The van der Waals surface area contributed by atoms with Crippen LogP contribution in [0, 0.1) is 6.92 Å². The van der Waals surface area contributed by atoms with Crippen LogP contribution in [0.3, 0.4) is 0 Å². The molecule has 7 nitrogen and oxygen atoms in total. The molecular weight excluding hydrogens is 428 g/mol. The van der Waals surface area contributed by atoms with E-state index >= 15 is 0 Å². The quantitative estimate of drug-likeness (QED) is 0.388. The molecular formula is C27H26N4O3. The van der Waals surface area contributed by atoms with Crippen molar-refractivity contribution in [3.8, 4) is 22.7 Å². The van der Waals surface area contributed by atoms with Gasteiger partial charge in [-0.15, -0.1) is 0 Å². The minimum absolute atomic E-state index is 0.0907. The number of carbonyl (C=O) groups excluding carboxylic acids is 2. The van der Waals surface area contributed by atoms with Gasteiger partial charge in [0.2, 0.25) is 5.91 Å². The number of para-hydroxylation sites is 1. The zero-order valence-corrected chi connectivity index (χ0v) is 19.3. The van der Waals surface area contributed by atoms with E-state index < -0.39 is 0 Å². The van der Waals surface area contributed by atoms with Crippen LogP contribution >= 0.6 is 0 Å². The highest BCUT2D eigenvalue weighted by Crippen LogP contribution is 2.28. The lowest BCUT2D eigenvalue weighted by molar-refractivity contribution is -0.115. The molecule has 3 aromatic carbocycles. The van der Waals surface area contributed by atoms with Crippen molar-refractivity contribution in [2.24, 2.45) is 0 Å². The van der Waals surface area contributed by atoms with Gasteiger partial charge in [-0.25, -0.2) is 4.68 Å². The van der Waals surface area contributed by atoms with Crippen LogP contribution in [0.5, 0.6) is 5.75 Å². The molecule has 0 unspecified atom stereocenters. The molecule has 7 heteroatoms. The number of nitrogens with zero attached hydrogens (tertiary/aromatic N) is 2. The monoisotopic (exact) mass is 454 g/mol. The summed E-state index contributed by atoms with van der Waals surface area (Å²) in [5, 5.41) is 10.5. The second kappa shape index (κ2) is 10.0. The van der Waals surface area contributed by atoms with Crippen molar-refractivity contribution in [2.75, 3.05) is 17.7 Å². The van der Waals surface area contributed by atoms with Crippen LogP contribution in [-0.2, 0) is 4.79 Å². The number of aryl methyl sites for hydroxylation is 1. The summed E-state index contributed by atoms with van der Waals surface area (Å²) in [6, 6.07) is 22.5. The second-order valence-electron chi connectivity index (χ2n) is 7.79. The van der Waals surface area contributed by atoms with E-state index in [-0.39, 0.29) is 11.8 Å². The van der Waals surface area contributed by atoms with Gasteiger partial charge in [0.25, 0.3) is 5.91 Å². The van der Waals surface area contributed by atoms with Gasteiger partial charge in [-0.05, 0) is 61.0 Å². The Kier molecular flexibility index (Phi) is 6.73. The Morgan fingerprint density at radius 1 is 0.971 bits per heavy atom. The van der Waals surface area contributed by atoms with E-state index in [0.29, 0.717) is 29.1 Å². The molecule has 2 amide bonds. The summed E-state index contributed by atoms with van der Waals surface area (Å²) in [4.78, 5) is 25.2. The lowest BCUT2D eigenvalue weighted by Gasteiger charge is -2.11. The van der Waals surface area contributed by atoms with Crippen molar-refractivity contribution in [1.82, 2.24) is 9.78 Å². The number of nitrogens with one attached hydrogen (secondary N) is 2.